The van der Waals surface area contributed by atoms with Crippen molar-refractivity contribution in [2.75, 3.05) is 0 Å². The van der Waals surface area contributed by atoms with E-state index in [0.29, 0.717) is 0 Å². The van der Waals surface area contributed by atoms with Gasteiger partial charge in [-0.1, -0.05) is 42.0 Å². The maximum Gasteiger partial charge on any atom is 0.0971 e. The van der Waals surface area contributed by atoms with Crippen LogP contribution in [0.4, 0.5) is 0 Å². The second kappa shape index (κ2) is 4.07. The normalized spacial score (nSPS) is 13.6. The number of benzene rings is 1. The van der Waals surface area contributed by atoms with Crippen molar-refractivity contribution in [3.05, 3.63) is 47.5 Å². The van der Waals surface area contributed by atoms with Crippen molar-refractivity contribution in [1.82, 2.24) is 0 Å². The van der Waals surface area contributed by atoms with E-state index in [1.54, 1.807) is 6.08 Å². The summed E-state index contributed by atoms with van der Waals surface area (Å²) in [5, 5.41) is 9.52. The molecule has 0 fully saturated rings. The van der Waals surface area contributed by atoms with Crippen LogP contribution < -0.4 is 0 Å². The first-order chi connectivity index (χ1) is 5.74. The van der Waals surface area contributed by atoms with Crippen molar-refractivity contribution in [3.8, 4) is 0 Å². The van der Waals surface area contributed by atoms with Crippen LogP contribution >= 0.6 is 0 Å². The Labute approximate surface area is 73.4 Å². The van der Waals surface area contributed by atoms with Crippen molar-refractivity contribution < 1.29 is 5.11 Å². The second-order valence-corrected chi connectivity index (χ2v) is 2.88. The summed E-state index contributed by atoms with van der Waals surface area (Å²) in [7, 11) is 0. The van der Waals surface area contributed by atoms with Gasteiger partial charge in [0, 0.05) is 0 Å². The maximum atomic E-state index is 9.52. The molecule has 1 aromatic carbocycles. The zero-order valence-electron chi connectivity index (χ0n) is 7.49. The molecule has 64 valence electrons. The monoisotopic (exact) mass is 162 g/mol. The van der Waals surface area contributed by atoms with Gasteiger partial charge in [-0.15, -0.1) is 0 Å². The molecular weight excluding hydrogens is 148 g/mol. The molecule has 0 radical (unpaired) electrons. The van der Waals surface area contributed by atoms with Crippen LogP contribution in [0.25, 0.3) is 0 Å². The fourth-order valence-electron chi connectivity index (χ4n) is 1.06. The number of hydrogen-bond acceptors (Lipinski definition) is 1. The Balaban J connectivity index is 2.82. The summed E-state index contributed by atoms with van der Waals surface area (Å²) < 4.78 is 0. The van der Waals surface area contributed by atoms with Crippen LogP contribution in [0.5, 0.6) is 0 Å². The summed E-state index contributed by atoms with van der Waals surface area (Å²) in [6, 6.07) is 7.89. The van der Waals surface area contributed by atoms with E-state index in [9.17, 15) is 5.11 Å². The highest BCUT2D eigenvalue weighted by Crippen LogP contribution is 2.14. The molecule has 0 saturated carbocycles. The lowest BCUT2D eigenvalue weighted by atomic mass is 10.1. The minimum Gasteiger partial charge on any atom is -0.384 e. The zero-order valence-corrected chi connectivity index (χ0v) is 7.49. The van der Waals surface area contributed by atoms with Crippen molar-refractivity contribution in [2.45, 2.75) is 20.0 Å². The molecule has 1 aromatic rings. The van der Waals surface area contributed by atoms with Crippen LogP contribution in [0.3, 0.4) is 0 Å². The third kappa shape index (κ3) is 2.21. The minimum atomic E-state index is -0.462. The molecule has 0 amide bonds. The molecule has 0 aromatic heterocycles. The predicted molar refractivity (Wildman–Crippen MR) is 51.0 cm³/mol. The number of hydrogen-bond donors (Lipinski definition) is 1. The average Bonchev–Trinajstić information content (AvgIpc) is 2.06. The topological polar surface area (TPSA) is 20.2 Å². The van der Waals surface area contributed by atoms with Gasteiger partial charge in [-0.2, -0.15) is 0 Å². The summed E-state index contributed by atoms with van der Waals surface area (Å²) in [6.45, 7) is 3.93. The zero-order chi connectivity index (χ0) is 8.97. The molecule has 0 aliphatic carbocycles. The first-order valence-corrected chi connectivity index (χ1v) is 4.11. The molecule has 0 aliphatic rings. The van der Waals surface area contributed by atoms with E-state index < -0.39 is 6.10 Å². The Morgan fingerprint density at radius 1 is 1.25 bits per heavy atom. The molecule has 0 aliphatic heterocycles. The van der Waals surface area contributed by atoms with Crippen LogP contribution in [-0.2, 0) is 0 Å². The standard InChI is InChI=1S/C11H14O/c1-3-4-11(12)10-7-5-9(2)6-8-10/h3-8,11-12H,1-2H3/b4-3+/t11-/m0/s1. The Hall–Kier alpha value is -1.08. The molecule has 0 unspecified atom stereocenters. The van der Waals surface area contributed by atoms with Crippen molar-refractivity contribution >= 4 is 0 Å². The molecule has 1 rings (SSSR count). The summed E-state index contributed by atoms with van der Waals surface area (Å²) in [5.41, 5.74) is 2.16. The van der Waals surface area contributed by atoms with Crippen molar-refractivity contribution in [1.29, 1.82) is 0 Å². The van der Waals surface area contributed by atoms with Crippen LogP contribution in [0.1, 0.15) is 24.2 Å². The van der Waals surface area contributed by atoms with Gasteiger partial charge in [0.1, 0.15) is 0 Å². The number of aliphatic hydroxyl groups excluding tert-OH is 1. The molecule has 12 heavy (non-hydrogen) atoms. The molecule has 0 bridgehead atoms. The first-order valence-electron chi connectivity index (χ1n) is 4.11. The predicted octanol–water partition coefficient (Wildman–Crippen LogP) is 2.60. The Kier molecular flexibility index (Phi) is 3.06. The van der Waals surface area contributed by atoms with Crippen molar-refractivity contribution in [3.63, 3.8) is 0 Å². The lowest BCUT2D eigenvalue weighted by molar-refractivity contribution is 0.228. The second-order valence-electron chi connectivity index (χ2n) is 2.88. The van der Waals surface area contributed by atoms with Gasteiger partial charge in [-0.3, -0.25) is 0 Å². The highest BCUT2D eigenvalue weighted by atomic mass is 16.3. The third-order valence-electron chi connectivity index (χ3n) is 1.79. The van der Waals surface area contributed by atoms with Crippen molar-refractivity contribution in [2.24, 2.45) is 0 Å². The Morgan fingerprint density at radius 2 is 1.83 bits per heavy atom. The van der Waals surface area contributed by atoms with Gasteiger partial charge in [0.05, 0.1) is 6.10 Å². The summed E-state index contributed by atoms with van der Waals surface area (Å²) >= 11 is 0. The quantitative estimate of drug-likeness (QED) is 0.663. The minimum absolute atomic E-state index is 0.462. The molecule has 0 spiro atoms. The molecule has 1 heteroatoms. The van der Waals surface area contributed by atoms with Gasteiger partial charge < -0.3 is 5.11 Å². The van der Waals surface area contributed by atoms with E-state index >= 15 is 0 Å². The average molecular weight is 162 g/mol. The van der Waals surface area contributed by atoms with E-state index in [1.165, 1.54) is 5.56 Å². The van der Waals surface area contributed by atoms with Crippen LogP contribution in [0, 0.1) is 6.92 Å². The van der Waals surface area contributed by atoms with Gasteiger partial charge in [-0.05, 0) is 19.4 Å². The van der Waals surface area contributed by atoms with Crippen LogP contribution in [0.15, 0.2) is 36.4 Å². The number of rotatable bonds is 2. The third-order valence-corrected chi connectivity index (χ3v) is 1.79. The van der Waals surface area contributed by atoms with Gasteiger partial charge in [-0.25, -0.2) is 0 Å². The highest BCUT2D eigenvalue weighted by Gasteiger charge is 2.00. The van der Waals surface area contributed by atoms with E-state index in [-0.39, 0.29) is 0 Å². The number of aryl methyl sites for hydroxylation is 1. The lowest BCUT2D eigenvalue weighted by Crippen LogP contribution is -1.91. The smallest absolute Gasteiger partial charge is 0.0971 e. The van der Waals surface area contributed by atoms with E-state index in [2.05, 4.69) is 0 Å². The Bertz CT molecular complexity index is 259. The lowest BCUT2D eigenvalue weighted by Gasteiger charge is -2.05. The van der Waals surface area contributed by atoms with E-state index in [4.69, 9.17) is 0 Å². The van der Waals surface area contributed by atoms with E-state index in [1.807, 2.05) is 44.2 Å². The Morgan fingerprint density at radius 3 is 2.33 bits per heavy atom. The largest absolute Gasteiger partial charge is 0.384 e. The summed E-state index contributed by atoms with van der Waals surface area (Å²) in [6.07, 6.45) is 3.16. The fourth-order valence-corrected chi connectivity index (χ4v) is 1.06. The molecule has 1 nitrogen and oxygen atoms in total. The summed E-state index contributed by atoms with van der Waals surface area (Å²) in [4.78, 5) is 0. The summed E-state index contributed by atoms with van der Waals surface area (Å²) in [5.74, 6) is 0. The first kappa shape index (κ1) is 9.01. The van der Waals surface area contributed by atoms with Crippen LogP contribution in [0.2, 0.25) is 0 Å². The van der Waals surface area contributed by atoms with Gasteiger partial charge >= 0.3 is 0 Å². The van der Waals surface area contributed by atoms with Gasteiger partial charge in [0.2, 0.25) is 0 Å². The maximum absolute atomic E-state index is 9.52. The molecular formula is C11H14O. The number of aliphatic hydroxyl groups is 1. The fraction of sp³-hybridized carbons (Fsp3) is 0.273. The molecule has 1 atom stereocenters. The molecule has 1 N–H and O–H groups in total. The van der Waals surface area contributed by atoms with E-state index in [0.717, 1.165) is 5.56 Å². The van der Waals surface area contributed by atoms with Gasteiger partial charge in [0.15, 0.2) is 0 Å². The SMILES string of the molecule is C/C=C/[C@H](O)c1ccc(C)cc1. The molecule has 0 saturated heterocycles. The number of allylic oxidation sites excluding steroid dienone is 1. The highest BCUT2D eigenvalue weighted by molar-refractivity contribution is 5.25. The molecule has 0 heterocycles. The van der Waals surface area contributed by atoms with Gasteiger partial charge in [0.25, 0.3) is 0 Å². The van der Waals surface area contributed by atoms with Crippen LogP contribution in [-0.4, -0.2) is 5.11 Å².